The van der Waals surface area contributed by atoms with Crippen LogP contribution in [0.3, 0.4) is 0 Å². The number of methoxy groups -OCH3 is 1. The third-order valence-corrected chi connectivity index (χ3v) is 4.98. The van der Waals surface area contributed by atoms with Gasteiger partial charge in [0.15, 0.2) is 0 Å². The zero-order chi connectivity index (χ0) is 18.4. The van der Waals surface area contributed by atoms with Gasteiger partial charge in [-0.1, -0.05) is 0 Å². The van der Waals surface area contributed by atoms with Crippen molar-refractivity contribution < 1.29 is 33.6 Å². The molecule has 2 aromatic rings. The number of aromatic nitrogens is 2. The number of benzene rings is 1. The molecule has 6 nitrogen and oxygen atoms in total. The second-order valence-electron chi connectivity index (χ2n) is 5.56. The number of rotatable bonds is 1. The molecule has 134 valence electrons. The molecule has 0 unspecified atom stereocenters. The molecule has 1 aliphatic rings. The molecule has 7 heteroatoms. The number of amides is 1. The molecule has 0 saturated carbocycles. The van der Waals surface area contributed by atoms with Crippen molar-refractivity contribution in [1.82, 2.24) is 14.9 Å². The maximum atomic E-state index is 12.5. The summed E-state index contributed by atoms with van der Waals surface area (Å²) in [5.74, 6) is 1.88. The predicted octanol–water partition coefficient (Wildman–Crippen LogP) is 2.24. The summed E-state index contributed by atoms with van der Waals surface area (Å²) in [6, 6.07) is 5.23. The Bertz CT molecular complexity index is 871. The number of carbonyl (C=O) groups excluding carboxylic acids is 1. The normalized spacial score (nSPS) is 15.1. The molecule has 2 heterocycles. The number of imidazole rings is 1. The maximum absolute atomic E-state index is 12.5. The van der Waals surface area contributed by atoms with E-state index in [-0.39, 0.29) is 5.91 Å². The van der Waals surface area contributed by atoms with Gasteiger partial charge in [-0.2, -0.15) is 0 Å². The molecule has 1 aromatic heterocycles. The van der Waals surface area contributed by atoms with Crippen LogP contribution < -0.4 is 14.8 Å². The van der Waals surface area contributed by atoms with Gasteiger partial charge < -0.3 is 0 Å². The number of fused-ring (bicyclic) bond motifs is 2. The van der Waals surface area contributed by atoms with Crippen LogP contribution in [0, 0.1) is 0 Å². The van der Waals surface area contributed by atoms with E-state index in [9.17, 15) is 4.79 Å². The van der Waals surface area contributed by atoms with Gasteiger partial charge in [0.25, 0.3) is 0 Å². The first-order valence-corrected chi connectivity index (χ1v) is 9.66. The fourth-order valence-electron chi connectivity index (χ4n) is 2.55. The molecule has 0 atom stereocenters. The minimum absolute atomic E-state index is 0.238. The molecular formula is C19H19N3O3W. The Kier molecular flexibility index (Phi) is 6.18. The Hall–Kier alpha value is -2.46. The van der Waals surface area contributed by atoms with Gasteiger partial charge in [0.2, 0.25) is 0 Å². The van der Waals surface area contributed by atoms with Crippen molar-refractivity contribution in [2.75, 3.05) is 13.7 Å². The van der Waals surface area contributed by atoms with E-state index in [4.69, 9.17) is 9.47 Å². The predicted molar refractivity (Wildman–Crippen MR) is 95.2 cm³/mol. The summed E-state index contributed by atoms with van der Waals surface area (Å²) in [6.07, 6.45) is 11.9. The average molecular weight is 521 g/mol. The molecule has 3 rings (SSSR count). The van der Waals surface area contributed by atoms with Gasteiger partial charge >= 0.3 is 163 Å². The van der Waals surface area contributed by atoms with Gasteiger partial charge in [-0.05, 0) is 0 Å². The van der Waals surface area contributed by atoms with Gasteiger partial charge in [0.1, 0.15) is 0 Å². The van der Waals surface area contributed by atoms with Crippen LogP contribution in [0.2, 0.25) is 0 Å². The van der Waals surface area contributed by atoms with Crippen molar-refractivity contribution in [2.45, 2.75) is 13.0 Å². The summed E-state index contributed by atoms with van der Waals surface area (Å²) in [4.78, 5) is 16.9. The molecule has 1 N–H and O–H groups in total. The van der Waals surface area contributed by atoms with E-state index in [0.29, 0.717) is 23.7 Å². The number of nitrogens with one attached hydrogen (secondary N) is 1. The van der Waals surface area contributed by atoms with Crippen LogP contribution >= 0.6 is 0 Å². The summed E-state index contributed by atoms with van der Waals surface area (Å²) in [5.41, 5.74) is 0.448. The number of hydrogen-bond donors (Lipinski definition) is 1. The van der Waals surface area contributed by atoms with Gasteiger partial charge in [0, 0.05) is 0 Å². The second-order valence-corrected chi connectivity index (χ2v) is 7.14. The molecule has 0 radical (unpaired) electrons. The molecule has 0 aliphatic carbocycles. The number of ether oxygens (including phenoxy) is 2. The van der Waals surface area contributed by atoms with Crippen LogP contribution in [-0.2, 0) is 25.9 Å². The van der Waals surface area contributed by atoms with Crippen LogP contribution in [0.5, 0.6) is 11.5 Å². The van der Waals surface area contributed by atoms with Crippen LogP contribution in [0.4, 0.5) is 0 Å². The van der Waals surface area contributed by atoms with Crippen molar-refractivity contribution in [1.29, 1.82) is 0 Å². The molecule has 0 fully saturated rings. The third kappa shape index (κ3) is 4.38. The Morgan fingerprint density at radius 2 is 2.23 bits per heavy atom. The summed E-state index contributed by atoms with van der Waals surface area (Å²) < 4.78 is 14.3. The average Bonchev–Trinajstić information content (AvgIpc) is 3.12. The SMILES string of the molecule is COc1ccc2c(c1)C(=O)NC=CC=C[C](=[W])c1nccn1CCCO2. The zero-order valence-corrected chi connectivity index (χ0v) is 17.3. The molecule has 0 bridgehead atoms. The number of hydrogen-bond acceptors (Lipinski definition) is 4. The molecule has 26 heavy (non-hydrogen) atoms. The second kappa shape index (κ2) is 8.76. The molecule has 0 spiro atoms. The van der Waals surface area contributed by atoms with Crippen LogP contribution in [0.25, 0.3) is 0 Å². The summed E-state index contributed by atoms with van der Waals surface area (Å²) in [5, 5.41) is 2.76. The summed E-state index contributed by atoms with van der Waals surface area (Å²) >= 11 is 1.33. The molecule has 1 amide bonds. The first-order valence-electron chi connectivity index (χ1n) is 8.19. The van der Waals surface area contributed by atoms with Gasteiger partial charge in [0.05, 0.1) is 0 Å². The van der Waals surface area contributed by atoms with E-state index >= 15 is 0 Å². The molecule has 1 aromatic carbocycles. The zero-order valence-electron chi connectivity index (χ0n) is 14.3. The number of nitrogens with zero attached hydrogens (tertiary/aromatic N) is 2. The summed E-state index contributed by atoms with van der Waals surface area (Å²) in [6.45, 7) is 1.30. The van der Waals surface area contributed by atoms with E-state index in [1.165, 1.54) is 19.4 Å². The number of aryl methyl sites for hydroxylation is 1. The monoisotopic (exact) mass is 521 g/mol. The van der Waals surface area contributed by atoms with E-state index in [0.717, 1.165) is 22.7 Å². The Balaban J connectivity index is 1.87. The van der Waals surface area contributed by atoms with E-state index in [1.54, 1.807) is 37.6 Å². The standard InChI is InChI=1S/C19H19N3O3.W/c1-24-15-7-8-17-16(14-15)19(23)21-9-4-2-3-6-18-20-10-12-22(18)11-5-13-25-17;/h2-4,7-10,12,14H,5,11,13H2,1H3,(H,21,23);. The first kappa shape index (κ1) is 18.3. The quantitative estimate of drug-likeness (QED) is 0.626. The minimum atomic E-state index is -0.238. The molecule has 0 saturated heterocycles. The van der Waals surface area contributed by atoms with Crippen LogP contribution in [0.1, 0.15) is 22.6 Å². The van der Waals surface area contributed by atoms with E-state index < -0.39 is 0 Å². The summed E-state index contributed by atoms with van der Waals surface area (Å²) in [7, 11) is 1.57. The van der Waals surface area contributed by atoms with Crippen molar-refractivity contribution in [3.63, 3.8) is 0 Å². The third-order valence-electron chi connectivity index (χ3n) is 3.84. The fraction of sp³-hybridized carbons (Fsp3) is 0.211. The Morgan fingerprint density at radius 1 is 1.35 bits per heavy atom. The molecule has 1 aliphatic heterocycles. The Morgan fingerprint density at radius 3 is 3.08 bits per heavy atom. The van der Waals surface area contributed by atoms with Gasteiger partial charge in [-0.3, -0.25) is 0 Å². The van der Waals surface area contributed by atoms with Crippen molar-refractivity contribution >= 4 is 9.81 Å². The van der Waals surface area contributed by atoms with Gasteiger partial charge in [-0.25, -0.2) is 0 Å². The van der Waals surface area contributed by atoms with Crippen LogP contribution in [-0.4, -0.2) is 33.1 Å². The topological polar surface area (TPSA) is 65.4 Å². The number of carbonyl (C=O) groups is 1. The van der Waals surface area contributed by atoms with E-state index in [2.05, 4.69) is 14.9 Å². The van der Waals surface area contributed by atoms with Crippen molar-refractivity contribution in [3.8, 4) is 11.5 Å². The van der Waals surface area contributed by atoms with Crippen molar-refractivity contribution in [3.05, 3.63) is 66.4 Å². The van der Waals surface area contributed by atoms with E-state index in [1.807, 2.05) is 24.5 Å². The van der Waals surface area contributed by atoms with Crippen LogP contribution in [0.15, 0.2) is 55.0 Å². The fourth-order valence-corrected chi connectivity index (χ4v) is 3.44. The number of allylic oxidation sites excluding steroid dienone is 3. The first-order chi connectivity index (χ1) is 12.7. The van der Waals surface area contributed by atoms with Gasteiger partial charge in [-0.15, -0.1) is 0 Å². The molecular weight excluding hydrogens is 502 g/mol. The van der Waals surface area contributed by atoms with Crippen molar-refractivity contribution in [2.24, 2.45) is 0 Å². The Labute approximate surface area is 162 Å².